The van der Waals surface area contributed by atoms with Crippen LogP contribution in [0.15, 0.2) is 72.8 Å². The number of rotatable bonds is 10. The zero-order chi connectivity index (χ0) is 49.5. The van der Waals surface area contributed by atoms with E-state index in [1.807, 2.05) is 47.8 Å². The molecule has 4 aliphatic heterocycles. The number of likely N-dealkylation sites (tertiary alicyclic amines) is 1. The first-order valence-electron chi connectivity index (χ1n) is 24.4. The lowest BCUT2D eigenvalue weighted by atomic mass is 9.69. The number of amides is 4. The number of anilines is 1. The molecule has 3 saturated heterocycles. The third-order valence-corrected chi connectivity index (χ3v) is 12.4. The van der Waals surface area contributed by atoms with Gasteiger partial charge in [0.15, 0.2) is 17.5 Å². The molecule has 1 unspecified atom stereocenters. The highest BCUT2D eigenvalue weighted by atomic mass is 19.2. The van der Waals surface area contributed by atoms with Gasteiger partial charge in [-0.15, -0.1) is 0 Å². The number of benzene rings is 4. The number of imide groups is 2. The van der Waals surface area contributed by atoms with E-state index in [2.05, 4.69) is 29.2 Å². The van der Waals surface area contributed by atoms with Crippen molar-refractivity contribution in [3.63, 3.8) is 0 Å². The number of halogens is 3. The molecule has 4 heterocycles. The van der Waals surface area contributed by atoms with Crippen molar-refractivity contribution in [3.05, 3.63) is 124 Å². The minimum absolute atomic E-state index is 0.0701. The van der Waals surface area contributed by atoms with Crippen molar-refractivity contribution in [2.75, 3.05) is 63.7 Å². The van der Waals surface area contributed by atoms with Gasteiger partial charge in [-0.1, -0.05) is 48.5 Å². The molecule has 4 aromatic rings. The fourth-order valence-corrected chi connectivity index (χ4v) is 9.26. The zero-order valence-electron chi connectivity index (χ0n) is 40.9. The Hall–Kier alpha value is -5.73. The van der Waals surface area contributed by atoms with E-state index in [0.717, 1.165) is 24.0 Å². The second-order valence-corrected chi connectivity index (χ2v) is 16.0. The smallest absolute Gasteiger partial charge is 0.265 e. The maximum Gasteiger partial charge on any atom is 0.265 e. The van der Waals surface area contributed by atoms with Crippen LogP contribution in [0.5, 0.6) is 11.5 Å². The number of piperazine rings is 1. The molecule has 0 saturated carbocycles. The highest BCUT2D eigenvalue weighted by Crippen LogP contribution is 2.47. The summed E-state index contributed by atoms with van der Waals surface area (Å²) in [7, 11) is 0. The Morgan fingerprint density at radius 3 is 2.16 bits per heavy atom. The number of ether oxygens (including phenoxy) is 1. The van der Waals surface area contributed by atoms with Crippen LogP contribution >= 0.6 is 0 Å². The Morgan fingerprint density at radius 2 is 1.46 bits per heavy atom. The Morgan fingerprint density at radius 1 is 0.754 bits per heavy atom. The summed E-state index contributed by atoms with van der Waals surface area (Å²) < 4.78 is 126. The molecule has 0 aromatic heterocycles. The highest BCUT2D eigenvalue weighted by molar-refractivity contribution is 6.24. The number of phenols is 1. The number of nitrogens with one attached hydrogen (secondary N) is 1. The largest absolute Gasteiger partial charge is 0.508 e. The first-order valence-corrected chi connectivity index (χ1v) is 20.4. The fourth-order valence-electron chi connectivity index (χ4n) is 9.26. The van der Waals surface area contributed by atoms with Crippen LogP contribution in [0.25, 0.3) is 0 Å². The summed E-state index contributed by atoms with van der Waals surface area (Å²) in [6, 6.07) is 22.2. The average molecular weight is 844 g/mol. The van der Waals surface area contributed by atoms with E-state index in [4.69, 9.17) is 15.7 Å². The SMILES string of the molecule is [2H]C1([2H])N(CC2CCN(CCOc3ccc([C@@H]4c5ccc(O)cc5CC[C@@H]4c4ccccc4)cc3)CC2)C([2H])([2H])C([2H])([2H])N(c2c(F)c(F)c3c(c2F)C(=O)N(C2CCC(=O)NC2=O)C3=O)C1([2H])[2H]. The molecule has 11 nitrogen and oxygen atoms in total. The van der Waals surface area contributed by atoms with Crippen LogP contribution in [0.2, 0.25) is 0 Å². The van der Waals surface area contributed by atoms with Crippen molar-refractivity contribution >= 4 is 29.3 Å². The van der Waals surface area contributed by atoms with Crippen molar-refractivity contribution in [1.82, 2.24) is 20.0 Å². The summed E-state index contributed by atoms with van der Waals surface area (Å²) in [6.45, 7) is -13.7. The quantitative estimate of drug-likeness (QED) is 0.147. The van der Waals surface area contributed by atoms with Gasteiger partial charge < -0.3 is 14.7 Å². The predicted octanol–water partition coefficient (Wildman–Crippen LogP) is 5.99. The molecule has 0 radical (unpaired) electrons. The number of fused-ring (bicyclic) bond motifs is 2. The number of nitrogens with zero attached hydrogens (tertiary/aromatic N) is 4. The molecule has 318 valence electrons. The third-order valence-electron chi connectivity index (χ3n) is 12.4. The second kappa shape index (κ2) is 17.0. The number of hydrogen-bond acceptors (Lipinski definition) is 9. The lowest BCUT2D eigenvalue weighted by molar-refractivity contribution is -0.136. The van der Waals surface area contributed by atoms with Gasteiger partial charge in [0.25, 0.3) is 11.8 Å². The van der Waals surface area contributed by atoms with Gasteiger partial charge in [-0.3, -0.25) is 39.2 Å². The summed E-state index contributed by atoms with van der Waals surface area (Å²) in [5, 5.41) is 12.1. The molecular weight excluding hydrogens is 788 g/mol. The minimum atomic E-state index is -3.87. The first-order chi connectivity index (χ1) is 32.6. The Balaban J connectivity index is 0.859. The monoisotopic (exact) mass is 843 g/mol. The van der Waals surface area contributed by atoms with E-state index in [-0.39, 0.29) is 28.9 Å². The van der Waals surface area contributed by atoms with E-state index in [1.54, 1.807) is 6.07 Å². The van der Waals surface area contributed by atoms with Gasteiger partial charge in [0.05, 0.1) is 16.6 Å². The van der Waals surface area contributed by atoms with E-state index >= 15 is 13.2 Å². The van der Waals surface area contributed by atoms with Crippen LogP contribution in [0.3, 0.4) is 0 Å². The fraction of sp³-hybridized carbons (Fsp3) is 0.404. The molecule has 2 N–H and O–H groups in total. The normalized spacial score (nSPS) is 27.9. The van der Waals surface area contributed by atoms with E-state index in [1.165, 1.54) is 11.1 Å². The molecule has 61 heavy (non-hydrogen) atoms. The topological polar surface area (TPSA) is 123 Å². The standard InChI is InChI=1S/C47H48F3N5O6/c48-41-39-40(47(60)55(46(39)59)36-14-15-37(57)51-45(36)58)42(49)44(43(41)50)54-22-20-53(21-23-54)27-28-16-18-52(19-17-28)24-25-61-33-10-6-30(7-11-33)38-34(29-4-2-1-3-5-29)12-8-31-26-32(56)9-13-35(31)38/h1-7,9-11,13,26,28,34,36,38,56H,8,12,14-25,27H2,(H,51,57,58)/t34-,36?,38+/m1/s1/i20D2,21D2,22D2,23D2. The number of hydrogen-bond donors (Lipinski definition) is 2. The highest BCUT2D eigenvalue weighted by Gasteiger charge is 2.50. The number of carbonyl (C=O) groups excluding carboxylic acids is 4. The molecule has 14 heteroatoms. The Kier molecular flexibility index (Phi) is 8.91. The van der Waals surface area contributed by atoms with Crippen LogP contribution in [-0.2, 0) is 16.0 Å². The van der Waals surface area contributed by atoms with Crippen molar-refractivity contribution < 1.29 is 53.2 Å². The van der Waals surface area contributed by atoms with Gasteiger partial charge in [0.1, 0.15) is 29.8 Å². The number of phenolic OH excluding ortho intramolecular Hbond substituents is 1. The predicted molar refractivity (Wildman–Crippen MR) is 220 cm³/mol. The molecule has 3 atom stereocenters. The number of aryl methyl sites for hydroxylation is 1. The van der Waals surface area contributed by atoms with E-state index in [0.29, 0.717) is 49.7 Å². The van der Waals surface area contributed by atoms with Crippen LogP contribution in [0, 0.1) is 23.4 Å². The maximum atomic E-state index is 16.6. The van der Waals surface area contributed by atoms with Gasteiger partial charge in [-0.05, 0) is 104 Å². The van der Waals surface area contributed by atoms with E-state index < -0.39 is 114 Å². The van der Waals surface area contributed by atoms with Crippen molar-refractivity contribution in [2.45, 2.75) is 56.4 Å². The van der Waals surface area contributed by atoms with Crippen LogP contribution in [0.1, 0.15) is 97.9 Å². The summed E-state index contributed by atoms with van der Waals surface area (Å²) in [4.78, 5) is 53.1. The summed E-state index contributed by atoms with van der Waals surface area (Å²) in [6.07, 6.45) is 1.69. The van der Waals surface area contributed by atoms with Crippen molar-refractivity contribution in [2.24, 2.45) is 5.92 Å². The van der Waals surface area contributed by atoms with Gasteiger partial charge in [0, 0.05) is 56.9 Å². The lowest BCUT2D eigenvalue weighted by Gasteiger charge is -2.39. The molecule has 4 aromatic carbocycles. The average Bonchev–Trinajstić information content (AvgIpc) is 3.57. The molecule has 0 bridgehead atoms. The summed E-state index contributed by atoms with van der Waals surface area (Å²) in [5.74, 6) is -11.3. The van der Waals surface area contributed by atoms with Crippen molar-refractivity contribution in [3.8, 4) is 11.5 Å². The molecular formula is C47H48F3N5O6. The number of aromatic hydroxyl groups is 1. The molecule has 0 spiro atoms. The zero-order valence-corrected chi connectivity index (χ0v) is 32.9. The Labute approximate surface area is 363 Å². The van der Waals surface area contributed by atoms with Gasteiger partial charge in [-0.25, -0.2) is 13.2 Å². The van der Waals surface area contributed by atoms with E-state index in [9.17, 15) is 24.3 Å². The third kappa shape index (κ3) is 7.87. The molecule has 5 aliphatic rings. The second-order valence-electron chi connectivity index (χ2n) is 16.0. The first kappa shape index (κ1) is 32.0. The summed E-state index contributed by atoms with van der Waals surface area (Å²) >= 11 is 0. The minimum Gasteiger partial charge on any atom is -0.508 e. The van der Waals surface area contributed by atoms with Crippen LogP contribution < -0.4 is 15.0 Å². The number of piperidine rings is 2. The maximum absolute atomic E-state index is 16.6. The Bertz CT molecular complexity index is 2700. The summed E-state index contributed by atoms with van der Waals surface area (Å²) in [5.41, 5.74) is -0.289. The number of carbonyl (C=O) groups is 4. The van der Waals surface area contributed by atoms with Crippen LogP contribution in [-0.4, -0.2) is 108 Å². The van der Waals surface area contributed by atoms with Crippen molar-refractivity contribution in [1.29, 1.82) is 0 Å². The van der Waals surface area contributed by atoms with Gasteiger partial charge in [-0.2, -0.15) is 0 Å². The molecule has 4 amide bonds. The van der Waals surface area contributed by atoms with Crippen LogP contribution in [0.4, 0.5) is 18.9 Å². The lowest BCUT2D eigenvalue weighted by Crippen LogP contribution is -2.54. The van der Waals surface area contributed by atoms with Gasteiger partial charge >= 0.3 is 0 Å². The van der Waals surface area contributed by atoms with Gasteiger partial charge in [0.2, 0.25) is 11.8 Å². The molecule has 1 aliphatic carbocycles. The molecule has 9 rings (SSSR count). The molecule has 3 fully saturated rings.